The Hall–Kier alpha value is -1.05. The van der Waals surface area contributed by atoms with Gasteiger partial charge in [-0.1, -0.05) is 24.1 Å². The van der Waals surface area contributed by atoms with Crippen LogP contribution in [0, 0.1) is 5.92 Å². The summed E-state index contributed by atoms with van der Waals surface area (Å²) in [6.45, 7) is 5.15. The van der Waals surface area contributed by atoms with Crippen molar-refractivity contribution in [3.05, 3.63) is 22.8 Å². The predicted molar refractivity (Wildman–Crippen MR) is 52.2 cm³/mol. The van der Waals surface area contributed by atoms with Crippen LogP contribution in [0.4, 0.5) is 0 Å². The smallest absolute Gasteiger partial charge is 0.251 e. The highest BCUT2D eigenvalue weighted by Crippen LogP contribution is 2.31. The molecule has 0 radical (unpaired) electrons. The van der Waals surface area contributed by atoms with E-state index in [4.69, 9.17) is 0 Å². The van der Waals surface area contributed by atoms with Gasteiger partial charge in [0.15, 0.2) is 0 Å². The summed E-state index contributed by atoms with van der Waals surface area (Å²) >= 11 is 0. The molecule has 0 spiro atoms. The summed E-state index contributed by atoms with van der Waals surface area (Å²) in [5.74, 6) is 0.733. The summed E-state index contributed by atoms with van der Waals surface area (Å²) in [5, 5.41) is 2.88. The van der Waals surface area contributed by atoms with Crippen molar-refractivity contribution in [3.8, 4) is 0 Å². The van der Waals surface area contributed by atoms with Crippen LogP contribution in [0.15, 0.2) is 22.8 Å². The first-order valence-corrected chi connectivity index (χ1v) is 4.87. The van der Waals surface area contributed by atoms with Crippen LogP contribution in [0.2, 0.25) is 0 Å². The van der Waals surface area contributed by atoms with Crippen LogP contribution >= 0.6 is 0 Å². The summed E-state index contributed by atoms with van der Waals surface area (Å²) in [6, 6.07) is 0. The summed E-state index contributed by atoms with van der Waals surface area (Å²) in [6.07, 6.45) is 4.16. The third-order valence-electron chi connectivity index (χ3n) is 3.04. The molecule has 0 bridgehead atoms. The van der Waals surface area contributed by atoms with Crippen molar-refractivity contribution in [2.45, 2.75) is 26.7 Å². The summed E-state index contributed by atoms with van der Waals surface area (Å²) in [4.78, 5) is 11.5. The van der Waals surface area contributed by atoms with E-state index in [1.165, 1.54) is 11.1 Å². The summed E-state index contributed by atoms with van der Waals surface area (Å²) in [7, 11) is 0. The molecule has 0 aromatic heterocycles. The van der Waals surface area contributed by atoms with Gasteiger partial charge in [0.2, 0.25) is 0 Å². The number of amides is 1. The predicted octanol–water partition coefficient (Wildman–Crippen LogP) is 1.79. The first-order valence-electron chi connectivity index (χ1n) is 4.87. The first kappa shape index (κ1) is 8.54. The van der Waals surface area contributed by atoms with Gasteiger partial charge in [-0.05, 0) is 25.7 Å². The van der Waals surface area contributed by atoms with Gasteiger partial charge >= 0.3 is 0 Å². The number of carbonyl (C=O) groups is 1. The zero-order valence-corrected chi connectivity index (χ0v) is 8.18. The molecule has 0 saturated carbocycles. The summed E-state index contributed by atoms with van der Waals surface area (Å²) < 4.78 is 0. The second kappa shape index (κ2) is 3.02. The van der Waals surface area contributed by atoms with E-state index in [0.717, 1.165) is 25.0 Å². The first-order chi connectivity index (χ1) is 6.18. The lowest BCUT2D eigenvalue weighted by molar-refractivity contribution is -0.117. The molecule has 0 saturated heterocycles. The van der Waals surface area contributed by atoms with Gasteiger partial charge < -0.3 is 5.32 Å². The van der Waals surface area contributed by atoms with Crippen molar-refractivity contribution in [1.82, 2.24) is 5.32 Å². The molecule has 0 aromatic carbocycles. The van der Waals surface area contributed by atoms with E-state index in [1.54, 1.807) is 0 Å². The maximum absolute atomic E-state index is 11.5. The average Bonchev–Trinajstić information content (AvgIpc) is 2.09. The topological polar surface area (TPSA) is 29.1 Å². The molecule has 1 aliphatic carbocycles. The lowest BCUT2D eigenvalue weighted by Crippen LogP contribution is -2.32. The second-order valence-electron chi connectivity index (χ2n) is 4.02. The van der Waals surface area contributed by atoms with Crippen LogP contribution in [0.5, 0.6) is 0 Å². The molecule has 1 heterocycles. The van der Waals surface area contributed by atoms with Crippen molar-refractivity contribution in [1.29, 1.82) is 0 Å². The van der Waals surface area contributed by atoms with E-state index in [0.29, 0.717) is 5.92 Å². The van der Waals surface area contributed by atoms with Crippen molar-refractivity contribution in [3.63, 3.8) is 0 Å². The number of hydrogen-bond donors (Lipinski definition) is 1. The monoisotopic (exact) mass is 177 g/mol. The SMILES string of the molecule is CC1=CC2=C(CCNC2=O)CC1C. The Morgan fingerprint density at radius 1 is 1.54 bits per heavy atom. The van der Waals surface area contributed by atoms with E-state index in [-0.39, 0.29) is 5.91 Å². The molecule has 2 heteroatoms. The fourth-order valence-corrected chi connectivity index (χ4v) is 2.00. The lowest BCUT2D eigenvalue weighted by Gasteiger charge is -2.26. The Morgan fingerprint density at radius 2 is 2.31 bits per heavy atom. The standard InChI is InChI=1S/C11H15NO/c1-7-5-9-3-4-12-11(13)10(9)6-8(7)2/h6-7H,3-5H2,1-2H3,(H,12,13). The number of allylic oxidation sites excluding steroid dienone is 1. The maximum atomic E-state index is 11.5. The Labute approximate surface area is 78.7 Å². The van der Waals surface area contributed by atoms with Crippen LogP contribution in [-0.4, -0.2) is 12.5 Å². The van der Waals surface area contributed by atoms with Gasteiger partial charge in [0.1, 0.15) is 0 Å². The van der Waals surface area contributed by atoms with Crippen molar-refractivity contribution in [2.75, 3.05) is 6.54 Å². The molecular weight excluding hydrogens is 162 g/mol. The molecule has 70 valence electrons. The third kappa shape index (κ3) is 1.41. The van der Waals surface area contributed by atoms with Crippen molar-refractivity contribution < 1.29 is 4.79 Å². The molecule has 1 N–H and O–H groups in total. The Kier molecular flexibility index (Phi) is 1.98. The van der Waals surface area contributed by atoms with Gasteiger partial charge in [-0.3, -0.25) is 4.79 Å². The molecule has 1 aliphatic heterocycles. The largest absolute Gasteiger partial charge is 0.352 e. The molecule has 2 rings (SSSR count). The Bertz CT molecular complexity index is 312. The minimum Gasteiger partial charge on any atom is -0.352 e. The number of rotatable bonds is 0. The van der Waals surface area contributed by atoms with Gasteiger partial charge in [-0.2, -0.15) is 0 Å². The molecule has 0 aromatic rings. The Balaban J connectivity index is 2.37. The maximum Gasteiger partial charge on any atom is 0.251 e. The molecule has 0 fully saturated rings. The fourth-order valence-electron chi connectivity index (χ4n) is 2.00. The molecule has 1 amide bonds. The summed E-state index contributed by atoms with van der Waals surface area (Å²) in [5.41, 5.74) is 3.61. The average molecular weight is 177 g/mol. The Morgan fingerprint density at radius 3 is 3.08 bits per heavy atom. The van der Waals surface area contributed by atoms with Gasteiger partial charge in [0, 0.05) is 12.1 Å². The number of carbonyl (C=O) groups excluding carboxylic acids is 1. The normalized spacial score (nSPS) is 28.0. The van der Waals surface area contributed by atoms with Gasteiger partial charge in [-0.15, -0.1) is 0 Å². The third-order valence-corrected chi connectivity index (χ3v) is 3.04. The molecule has 1 unspecified atom stereocenters. The van der Waals surface area contributed by atoms with Crippen LogP contribution in [0.3, 0.4) is 0 Å². The van der Waals surface area contributed by atoms with Crippen molar-refractivity contribution in [2.24, 2.45) is 5.92 Å². The van der Waals surface area contributed by atoms with Crippen LogP contribution < -0.4 is 5.32 Å². The fraction of sp³-hybridized carbons (Fsp3) is 0.545. The van der Waals surface area contributed by atoms with Crippen LogP contribution in [-0.2, 0) is 4.79 Å². The molecule has 13 heavy (non-hydrogen) atoms. The minimum absolute atomic E-state index is 0.118. The van der Waals surface area contributed by atoms with E-state index in [1.807, 2.05) is 0 Å². The van der Waals surface area contributed by atoms with Gasteiger partial charge in [0.25, 0.3) is 5.91 Å². The van der Waals surface area contributed by atoms with Crippen LogP contribution in [0.25, 0.3) is 0 Å². The quantitative estimate of drug-likeness (QED) is 0.600. The number of hydrogen-bond acceptors (Lipinski definition) is 1. The van der Waals surface area contributed by atoms with Gasteiger partial charge in [-0.25, -0.2) is 0 Å². The van der Waals surface area contributed by atoms with E-state index in [9.17, 15) is 4.79 Å². The molecule has 1 atom stereocenters. The highest BCUT2D eigenvalue weighted by molar-refractivity contribution is 5.98. The van der Waals surface area contributed by atoms with E-state index < -0.39 is 0 Å². The van der Waals surface area contributed by atoms with E-state index in [2.05, 4.69) is 25.2 Å². The van der Waals surface area contributed by atoms with E-state index >= 15 is 0 Å². The highest BCUT2D eigenvalue weighted by Gasteiger charge is 2.24. The van der Waals surface area contributed by atoms with Crippen molar-refractivity contribution >= 4 is 5.91 Å². The highest BCUT2D eigenvalue weighted by atomic mass is 16.1. The van der Waals surface area contributed by atoms with Crippen LogP contribution in [0.1, 0.15) is 26.7 Å². The van der Waals surface area contributed by atoms with Gasteiger partial charge in [0.05, 0.1) is 0 Å². The number of nitrogens with one attached hydrogen (secondary N) is 1. The second-order valence-corrected chi connectivity index (χ2v) is 4.02. The zero-order valence-electron chi connectivity index (χ0n) is 8.18. The molecule has 2 aliphatic rings. The lowest BCUT2D eigenvalue weighted by atomic mass is 9.82. The minimum atomic E-state index is 0.118. The molecular formula is C11H15NO. The zero-order chi connectivity index (χ0) is 9.42. The molecule has 2 nitrogen and oxygen atoms in total.